The Morgan fingerprint density at radius 3 is 1.90 bits per heavy atom. The van der Waals surface area contributed by atoms with Crippen molar-refractivity contribution >= 4 is 49.8 Å². The summed E-state index contributed by atoms with van der Waals surface area (Å²) in [6, 6.07) is -6.40. The van der Waals surface area contributed by atoms with Crippen molar-refractivity contribution in [3.8, 4) is 5.75 Å². The van der Waals surface area contributed by atoms with Crippen LogP contribution in [0.5, 0.6) is 5.75 Å². The van der Waals surface area contributed by atoms with Crippen molar-refractivity contribution in [3.63, 3.8) is 0 Å². The molecule has 0 bridgehead atoms. The second-order valence-corrected chi connectivity index (χ2v) is 21.3. The van der Waals surface area contributed by atoms with Crippen LogP contribution >= 0.6 is 0 Å². The van der Waals surface area contributed by atoms with Gasteiger partial charge in [0, 0.05) is 45.4 Å². The number of carbonyl (C=O) groups is 7. The molecule has 18 N–H and O–H groups in total. The zero-order valence-corrected chi connectivity index (χ0v) is 48.9. The largest absolute Gasteiger partial charge is 3.00 e. The monoisotopic (exact) mass is 1210 g/mol. The van der Waals surface area contributed by atoms with E-state index in [4.69, 9.17) is 11.5 Å². The van der Waals surface area contributed by atoms with E-state index in [9.17, 15) is 74.4 Å². The van der Waals surface area contributed by atoms with Crippen molar-refractivity contribution in [2.24, 2.45) is 23.3 Å². The average Bonchev–Trinajstić information content (AvgIpc) is 3.99. The molecule has 2 unspecified atom stereocenters. The fourth-order valence-corrected chi connectivity index (χ4v) is 10.2. The standard InChI is InChI=1S/C52H88N10O15.B.3ClH/c1-5-28(2)24-29(3)12-10-8-6-7-9-11-13-39(69)56-34-26-38(68)46(55-22-21-54)60-50(75)43-37(67)19-23-61(43)52(77)41(36(66)18-20-53)58-49(74)42(45(71)44(70)31-14-16-32(64)17-15-31)59-48(73)35-25-33(65)27-62(35)51(76)40(30(4)63)57-47(34)72;;;;/h14-17,28-30,33-38,40-46,55,63-68,70-71H,5-13,18-27,53-54H2,1-4H3,(H,56,69)(H,57,72)(H,58,74)(H,59,73)(H,60,75);;3*1H/q;+3;;;/p-3/t28?,29?,30-,33-,34+,35+,36+,37+,38-,40+,41+,42+,43+,44+,45+,46-;;;;/m1..../s1. The zero-order chi connectivity index (χ0) is 57.1. The van der Waals surface area contributed by atoms with Gasteiger partial charge in [-0.1, -0.05) is 77.8 Å². The number of benzene rings is 1. The number of aliphatic hydroxyl groups is 7. The van der Waals surface area contributed by atoms with E-state index < -0.39 is 146 Å². The van der Waals surface area contributed by atoms with Crippen LogP contribution in [0, 0.1) is 11.8 Å². The molecule has 4 rings (SSSR count). The van der Waals surface area contributed by atoms with Crippen LogP contribution in [-0.4, -0.2) is 212 Å². The Kier molecular flexibility index (Phi) is 36.0. The molecule has 0 spiro atoms. The number of amides is 7. The van der Waals surface area contributed by atoms with Gasteiger partial charge in [0.25, 0.3) is 0 Å². The number of carbonyl (C=O) groups excluding carboxylic acids is 7. The van der Waals surface area contributed by atoms with E-state index in [1.807, 2.05) is 0 Å². The maximum atomic E-state index is 14.6. The number of nitrogens with two attached hydrogens (primary N) is 2. The van der Waals surface area contributed by atoms with Crippen LogP contribution in [0.25, 0.3) is 0 Å². The van der Waals surface area contributed by atoms with Gasteiger partial charge in [-0.05, 0) is 68.7 Å². The Hall–Kier alpha value is -4.16. The summed E-state index contributed by atoms with van der Waals surface area (Å²) in [6.45, 7) is 6.73. The van der Waals surface area contributed by atoms with Crippen LogP contribution in [0.2, 0.25) is 0 Å². The minimum absolute atomic E-state index is 0. The molecular formula is C52H88BCl3N10O15. The van der Waals surface area contributed by atoms with Gasteiger partial charge in [0.05, 0.1) is 30.5 Å². The van der Waals surface area contributed by atoms with Gasteiger partial charge in [-0.3, -0.25) is 38.9 Å². The molecule has 25 nitrogen and oxygen atoms in total. The second-order valence-electron chi connectivity index (χ2n) is 21.3. The Bertz CT molecular complexity index is 2100. The van der Waals surface area contributed by atoms with Crippen molar-refractivity contribution in [1.29, 1.82) is 0 Å². The van der Waals surface area contributed by atoms with E-state index >= 15 is 0 Å². The first-order chi connectivity index (χ1) is 36.5. The summed E-state index contributed by atoms with van der Waals surface area (Å²) in [6.07, 6.45) is -6.95. The first-order valence-electron chi connectivity index (χ1n) is 27.3. The van der Waals surface area contributed by atoms with Crippen LogP contribution < -0.4 is 80.6 Å². The molecule has 0 saturated carbocycles. The molecular weight excluding hydrogens is 1120 g/mol. The third kappa shape index (κ3) is 22.7. The van der Waals surface area contributed by atoms with Crippen LogP contribution in [0.4, 0.5) is 0 Å². The summed E-state index contributed by atoms with van der Waals surface area (Å²) in [7, 11) is 0. The van der Waals surface area contributed by atoms with Crippen LogP contribution in [0.3, 0.4) is 0 Å². The number of hydrogen-bond acceptors (Lipinski definition) is 18. The van der Waals surface area contributed by atoms with Crippen LogP contribution in [-0.2, 0) is 33.6 Å². The van der Waals surface area contributed by atoms with Crippen molar-refractivity contribution in [2.45, 2.75) is 203 Å². The number of fused-ring (bicyclic) bond motifs is 2. The number of unbranched alkanes of at least 4 members (excludes halogenated alkanes) is 5. The molecule has 3 saturated heterocycles. The summed E-state index contributed by atoms with van der Waals surface area (Å²) in [5, 5.41) is 104. The molecule has 29 heteroatoms. The normalized spacial score (nSPS) is 27.2. The van der Waals surface area contributed by atoms with Crippen LogP contribution in [0.15, 0.2) is 24.3 Å². The smallest absolute Gasteiger partial charge is 1.00 e. The van der Waals surface area contributed by atoms with Crippen LogP contribution in [0.1, 0.15) is 129 Å². The molecule has 0 aromatic heterocycles. The summed E-state index contributed by atoms with van der Waals surface area (Å²) < 4.78 is 0. The van der Waals surface area contributed by atoms with Gasteiger partial charge < -0.3 is 126 Å². The number of phenols is 1. The predicted molar refractivity (Wildman–Crippen MR) is 286 cm³/mol. The molecule has 3 aliphatic heterocycles. The van der Waals surface area contributed by atoms with E-state index in [1.54, 1.807) is 0 Å². The first kappa shape index (κ1) is 76.8. The molecule has 81 heavy (non-hydrogen) atoms. The van der Waals surface area contributed by atoms with Gasteiger partial charge in [-0.2, -0.15) is 0 Å². The minimum Gasteiger partial charge on any atom is -1.00 e. The number of aliphatic hydroxyl groups excluding tert-OH is 7. The average molecular weight is 1210 g/mol. The van der Waals surface area contributed by atoms with E-state index in [-0.39, 0.29) is 102 Å². The van der Waals surface area contributed by atoms with Gasteiger partial charge in [0.1, 0.15) is 60.4 Å². The summed E-state index contributed by atoms with van der Waals surface area (Å²) >= 11 is 0. The fourth-order valence-electron chi connectivity index (χ4n) is 10.2. The molecule has 3 heterocycles. The number of rotatable bonds is 23. The Labute approximate surface area is 495 Å². The van der Waals surface area contributed by atoms with Crippen molar-refractivity contribution in [2.75, 3.05) is 32.7 Å². The molecule has 3 aliphatic rings. The van der Waals surface area contributed by atoms with E-state index in [0.717, 1.165) is 55.2 Å². The maximum absolute atomic E-state index is 14.6. The maximum Gasteiger partial charge on any atom is 3.00 e. The van der Waals surface area contributed by atoms with E-state index in [2.05, 4.69) is 52.7 Å². The number of aromatic hydroxyl groups is 1. The van der Waals surface area contributed by atoms with E-state index in [1.165, 1.54) is 30.7 Å². The van der Waals surface area contributed by atoms with Gasteiger partial charge >= 0.3 is 8.41 Å². The number of halogens is 3. The Morgan fingerprint density at radius 2 is 1.30 bits per heavy atom. The van der Waals surface area contributed by atoms with Crippen molar-refractivity contribution in [1.82, 2.24) is 41.7 Å². The predicted octanol–water partition coefficient (Wildman–Crippen LogP) is -12.7. The molecule has 460 valence electrons. The van der Waals surface area contributed by atoms with Crippen molar-refractivity contribution < 1.29 is 112 Å². The third-order valence-electron chi connectivity index (χ3n) is 14.9. The molecule has 7 amide bonds. The van der Waals surface area contributed by atoms with Gasteiger partial charge in [-0.15, -0.1) is 0 Å². The molecule has 0 aliphatic carbocycles. The second kappa shape index (κ2) is 37.9. The zero-order valence-electron chi connectivity index (χ0n) is 46.7. The molecule has 1 aromatic rings. The van der Waals surface area contributed by atoms with Gasteiger partial charge in [0.2, 0.25) is 41.4 Å². The quantitative estimate of drug-likeness (QED) is 0.0357. The Balaban J connectivity index is 0.0000160. The van der Waals surface area contributed by atoms with Gasteiger partial charge in [0.15, 0.2) is 0 Å². The SMILES string of the molecule is CCC(C)CC(C)CCCCCCCCC(=O)N[C@H]1C[C@@H](O)[C@H](NCCN)NC(=O)[C@@H]2[C@@H](O)CCN2C(=O)[C@H]([C@@H](O)CCN)NC(=O)[C@H]([C@H](O)[C@@H](O)c2ccc(O)cc2)NC(=O)[C@@H]2C[C@@H](O)CN2C(=O)[C@H]([C@@H](C)O)NC1=O.[B+3].[Cl-].[Cl-].[Cl-]. The topological polar surface area (TPSA) is 412 Å². The molecule has 16 atom stereocenters. The number of phenolic OH excluding ortho intramolecular Hbond substituents is 1. The fraction of sp³-hybridized carbons (Fsp3) is 0.750. The summed E-state index contributed by atoms with van der Waals surface area (Å²) in [5.41, 5.74) is 11.5. The first-order valence-corrected chi connectivity index (χ1v) is 27.3. The minimum atomic E-state index is -2.28. The summed E-state index contributed by atoms with van der Waals surface area (Å²) in [5.74, 6) is -6.43. The molecule has 0 radical (unpaired) electrons. The van der Waals surface area contributed by atoms with Gasteiger partial charge in [-0.25, -0.2) is 0 Å². The summed E-state index contributed by atoms with van der Waals surface area (Å²) in [4.78, 5) is 102. The number of hydrogen-bond donors (Lipinski definition) is 16. The van der Waals surface area contributed by atoms with E-state index in [0.29, 0.717) is 24.7 Å². The molecule has 1 aromatic carbocycles. The third-order valence-corrected chi connectivity index (χ3v) is 14.9. The number of nitrogens with zero attached hydrogens (tertiary/aromatic N) is 2. The van der Waals surface area contributed by atoms with Crippen molar-refractivity contribution in [3.05, 3.63) is 29.8 Å². The number of nitrogens with one attached hydrogen (secondary N) is 6. The Morgan fingerprint density at radius 1 is 0.704 bits per heavy atom. The molecule has 3 fully saturated rings.